The molecule has 1 amide bonds. The molecule has 4 nitrogen and oxygen atoms in total. The fraction of sp³-hybridized carbons (Fsp3) is 0.231. The number of aryl methyl sites for hydroxylation is 3. The third-order valence-electron chi connectivity index (χ3n) is 5.87. The summed E-state index contributed by atoms with van der Waals surface area (Å²) in [5, 5.41) is 12.2. The topological polar surface area (TPSA) is 57.6 Å². The SMILES string of the molecule is Cc1cc(C)c(C(=O)CC2(O)C(=O)N(Cc3ccc(Cl)cc3)c3ccccc32)c(C)c1. The van der Waals surface area contributed by atoms with Crippen LogP contribution in [0.4, 0.5) is 5.69 Å². The molecule has 1 aliphatic rings. The number of carbonyl (C=O) groups excluding carboxylic acids is 2. The lowest BCUT2D eigenvalue weighted by atomic mass is 9.85. The lowest BCUT2D eigenvalue weighted by Gasteiger charge is -2.23. The van der Waals surface area contributed by atoms with E-state index in [-0.39, 0.29) is 18.7 Å². The van der Waals surface area contributed by atoms with Crippen molar-refractivity contribution in [1.29, 1.82) is 0 Å². The minimum atomic E-state index is -1.90. The molecule has 5 heteroatoms. The summed E-state index contributed by atoms with van der Waals surface area (Å²) < 4.78 is 0. The zero-order valence-electron chi connectivity index (χ0n) is 17.8. The summed E-state index contributed by atoms with van der Waals surface area (Å²) in [5.41, 5.74) is 3.41. The van der Waals surface area contributed by atoms with E-state index in [1.165, 1.54) is 0 Å². The molecule has 1 heterocycles. The number of nitrogens with zero attached hydrogens (tertiary/aromatic N) is 1. The number of halogens is 1. The molecule has 0 saturated heterocycles. The molecular weight excluding hydrogens is 410 g/mol. The van der Waals surface area contributed by atoms with E-state index in [4.69, 9.17) is 11.6 Å². The lowest BCUT2D eigenvalue weighted by molar-refractivity contribution is -0.136. The molecule has 1 aliphatic heterocycles. The molecule has 1 N–H and O–H groups in total. The van der Waals surface area contributed by atoms with Gasteiger partial charge in [0.2, 0.25) is 0 Å². The normalized spacial score (nSPS) is 17.7. The molecule has 31 heavy (non-hydrogen) atoms. The van der Waals surface area contributed by atoms with Crippen molar-refractivity contribution in [3.63, 3.8) is 0 Å². The van der Waals surface area contributed by atoms with Gasteiger partial charge in [0.15, 0.2) is 11.4 Å². The first-order chi connectivity index (χ1) is 14.7. The molecule has 1 atom stereocenters. The zero-order chi connectivity index (χ0) is 22.3. The van der Waals surface area contributed by atoms with E-state index in [1.807, 2.05) is 51.1 Å². The van der Waals surface area contributed by atoms with Crippen LogP contribution in [-0.4, -0.2) is 16.8 Å². The third-order valence-corrected chi connectivity index (χ3v) is 6.12. The maximum atomic E-state index is 13.4. The second-order valence-corrected chi connectivity index (χ2v) is 8.71. The van der Waals surface area contributed by atoms with Crippen LogP contribution in [0.15, 0.2) is 60.7 Å². The van der Waals surface area contributed by atoms with Crippen molar-refractivity contribution in [2.24, 2.45) is 0 Å². The maximum absolute atomic E-state index is 13.4. The van der Waals surface area contributed by atoms with Gasteiger partial charge in [-0.3, -0.25) is 9.59 Å². The highest BCUT2D eigenvalue weighted by Crippen LogP contribution is 2.43. The van der Waals surface area contributed by atoms with Crippen LogP contribution in [0, 0.1) is 20.8 Å². The van der Waals surface area contributed by atoms with Gasteiger partial charge in [-0.05, 0) is 55.7 Å². The number of fused-ring (bicyclic) bond motifs is 1. The largest absolute Gasteiger partial charge is 0.375 e. The Balaban J connectivity index is 1.70. The highest BCUT2D eigenvalue weighted by Gasteiger charge is 2.50. The van der Waals surface area contributed by atoms with Crippen LogP contribution in [0.2, 0.25) is 5.02 Å². The van der Waals surface area contributed by atoms with Crippen molar-refractivity contribution >= 4 is 29.0 Å². The highest BCUT2D eigenvalue weighted by atomic mass is 35.5. The Morgan fingerprint density at radius 1 is 1.00 bits per heavy atom. The molecule has 3 aromatic rings. The first kappa shape index (κ1) is 21.3. The average Bonchev–Trinajstić information content (AvgIpc) is 2.91. The molecule has 0 aromatic heterocycles. The number of rotatable bonds is 5. The van der Waals surface area contributed by atoms with Gasteiger partial charge >= 0.3 is 0 Å². The van der Waals surface area contributed by atoms with E-state index in [0.29, 0.717) is 21.8 Å². The van der Waals surface area contributed by atoms with Crippen LogP contribution in [-0.2, 0) is 16.9 Å². The highest BCUT2D eigenvalue weighted by molar-refractivity contribution is 6.30. The smallest absolute Gasteiger partial charge is 0.264 e. The first-order valence-corrected chi connectivity index (χ1v) is 10.6. The summed E-state index contributed by atoms with van der Waals surface area (Å²) in [6, 6.07) is 18.2. The Hall–Kier alpha value is -2.95. The number of benzene rings is 3. The third kappa shape index (κ3) is 3.78. The van der Waals surface area contributed by atoms with Crippen LogP contribution in [0.25, 0.3) is 0 Å². The van der Waals surface area contributed by atoms with Crippen LogP contribution >= 0.6 is 11.6 Å². The average molecular weight is 434 g/mol. The minimum Gasteiger partial charge on any atom is -0.375 e. The van der Waals surface area contributed by atoms with Crippen molar-refractivity contribution in [1.82, 2.24) is 0 Å². The second kappa shape index (κ2) is 7.95. The van der Waals surface area contributed by atoms with E-state index in [9.17, 15) is 14.7 Å². The molecule has 0 bridgehead atoms. The zero-order valence-corrected chi connectivity index (χ0v) is 18.5. The molecular formula is C26H24ClNO3. The molecule has 0 spiro atoms. The number of para-hydroxylation sites is 1. The first-order valence-electron chi connectivity index (χ1n) is 10.2. The Kier molecular flexibility index (Phi) is 5.46. The number of ketones is 1. The molecule has 0 fully saturated rings. The number of hydrogen-bond acceptors (Lipinski definition) is 3. The minimum absolute atomic E-state index is 0.242. The number of Topliss-reactive ketones (excluding diaryl/α,β-unsaturated/α-hetero) is 1. The van der Waals surface area contributed by atoms with Crippen molar-refractivity contribution in [3.8, 4) is 0 Å². The Morgan fingerprint density at radius 2 is 1.61 bits per heavy atom. The summed E-state index contributed by atoms with van der Waals surface area (Å²) in [4.78, 5) is 28.3. The fourth-order valence-electron chi connectivity index (χ4n) is 4.55. The van der Waals surface area contributed by atoms with Crippen molar-refractivity contribution in [3.05, 3.63) is 99.1 Å². The number of anilines is 1. The Bertz CT molecular complexity index is 1160. The summed E-state index contributed by atoms with van der Waals surface area (Å²) in [6.45, 7) is 6.03. The van der Waals surface area contributed by atoms with E-state index in [1.54, 1.807) is 35.2 Å². The van der Waals surface area contributed by atoms with Crippen molar-refractivity contribution < 1.29 is 14.7 Å². The van der Waals surface area contributed by atoms with Crippen LogP contribution in [0.3, 0.4) is 0 Å². The van der Waals surface area contributed by atoms with E-state index >= 15 is 0 Å². The van der Waals surface area contributed by atoms with Gasteiger partial charge in [0.1, 0.15) is 0 Å². The monoisotopic (exact) mass is 433 g/mol. The predicted octanol–water partition coefficient (Wildman–Crippen LogP) is 5.27. The predicted molar refractivity (Wildman–Crippen MR) is 123 cm³/mol. The van der Waals surface area contributed by atoms with Gasteiger partial charge in [-0.15, -0.1) is 0 Å². The number of carbonyl (C=O) groups is 2. The summed E-state index contributed by atoms with van der Waals surface area (Å²) in [6.07, 6.45) is -0.301. The van der Waals surface area contributed by atoms with Crippen molar-refractivity contribution in [2.75, 3.05) is 4.90 Å². The lowest BCUT2D eigenvalue weighted by Crippen LogP contribution is -2.41. The van der Waals surface area contributed by atoms with Gasteiger partial charge in [-0.1, -0.05) is 59.6 Å². The maximum Gasteiger partial charge on any atom is 0.264 e. The van der Waals surface area contributed by atoms with Gasteiger partial charge in [0.25, 0.3) is 5.91 Å². The van der Waals surface area contributed by atoms with E-state index in [2.05, 4.69) is 0 Å². The van der Waals surface area contributed by atoms with Gasteiger partial charge in [0.05, 0.1) is 18.7 Å². The summed E-state index contributed by atoms with van der Waals surface area (Å²) in [7, 11) is 0. The molecule has 0 aliphatic carbocycles. The standard InChI is InChI=1S/C26H24ClNO3/c1-16-12-17(2)24(18(3)13-16)23(29)14-26(31)21-6-4-5-7-22(21)28(25(26)30)15-19-8-10-20(27)11-9-19/h4-13,31H,14-15H2,1-3H3. The second-order valence-electron chi connectivity index (χ2n) is 8.27. The van der Waals surface area contributed by atoms with E-state index < -0.39 is 11.5 Å². The van der Waals surface area contributed by atoms with Gasteiger partial charge in [-0.25, -0.2) is 0 Å². The van der Waals surface area contributed by atoms with E-state index in [0.717, 1.165) is 22.3 Å². The summed E-state index contributed by atoms with van der Waals surface area (Å²) in [5.74, 6) is -0.728. The van der Waals surface area contributed by atoms with Gasteiger partial charge in [0, 0.05) is 16.1 Å². The Morgan fingerprint density at radius 3 is 2.26 bits per heavy atom. The molecule has 4 rings (SSSR count). The fourth-order valence-corrected chi connectivity index (χ4v) is 4.67. The molecule has 0 saturated carbocycles. The molecule has 3 aromatic carbocycles. The number of hydrogen-bond donors (Lipinski definition) is 1. The van der Waals surface area contributed by atoms with Gasteiger partial charge < -0.3 is 10.0 Å². The quantitative estimate of drug-likeness (QED) is 0.557. The van der Waals surface area contributed by atoms with Crippen LogP contribution in [0.5, 0.6) is 0 Å². The van der Waals surface area contributed by atoms with Crippen molar-refractivity contribution in [2.45, 2.75) is 39.3 Å². The van der Waals surface area contributed by atoms with Crippen LogP contribution in [0.1, 0.15) is 44.6 Å². The molecule has 0 radical (unpaired) electrons. The van der Waals surface area contributed by atoms with Gasteiger partial charge in [-0.2, -0.15) is 0 Å². The number of aliphatic hydroxyl groups is 1. The molecule has 158 valence electrons. The Labute approximate surface area is 187 Å². The summed E-state index contributed by atoms with van der Waals surface area (Å²) >= 11 is 5.98. The van der Waals surface area contributed by atoms with Crippen LogP contribution < -0.4 is 4.90 Å². The molecule has 1 unspecified atom stereocenters. The number of amides is 1.